The lowest BCUT2D eigenvalue weighted by atomic mass is 10.1. The summed E-state index contributed by atoms with van der Waals surface area (Å²) < 4.78 is 0. The molecular weight excluding hydrogens is 306 g/mol. The molecule has 1 fully saturated rings. The Morgan fingerprint density at radius 1 is 1.12 bits per heavy atom. The summed E-state index contributed by atoms with van der Waals surface area (Å²) >= 11 is 0. The molecule has 0 spiro atoms. The van der Waals surface area contributed by atoms with Gasteiger partial charge in [-0.3, -0.25) is 0 Å². The van der Waals surface area contributed by atoms with Gasteiger partial charge in [0.15, 0.2) is 0 Å². The Balaban J connectivity index is 1.64. The summed E-state index contributed by atoms with van der Waals surface area (Å²) in [5.41, 5.74) is 1.12. The van der Waals surface area contributed by atoms with Gasteiger partial charge in [-0.25, -0.2) is 9.59 Å². The summed E-state index contributed by atoms with van der Waals surface area (Å²) in [7, 11) is 0. The molecule has 0 bridgehead atoms. The van der Waals surface area contributed by atoms with Crippen molar-refractivity contribution in [1.82, 2.24) is 15.5 Å². The zero-order valence-electron chi connectivity index (χ0n) is 14.3. The van der Waals surface area contributed by atoms with Gasteiger partial charge in [0.25, 0.3) is 0 Å². The molecule has 1 aliphatic rings. The average Bonchev–Trinajstić information content (AvgIpc) is 2.59. The molecule has 1 unspecified atom stereocenters. The van der Waals surface area contributed by atoms with Crippen LogP contribution in [-0.2, 0) is 6.54 Å². The van der Waals surface area contributed by atoms with Crippen LogP contribution in [0.1, 0.15) is 42.1 Å². The van der Waals surface area contributed by atoms with Gasteiger partial charge in [0.1, 0.15) is 0 Å². The molecule has 132 valence electrons. The monoisotopic (exact) mass is 333 g/mol. The number of nitrogens with one attached hydrogen (secondary N) is 2. The molecule has 3 N–H and O–H groups in total. The molecule has 0 saturated carbocycles. The van der Waals surface area contributed by atoms with Gasteiger partial charge >= 0.3 is 12.0 Å². The topological polar surface area (TPSA) is 81.7 Å². The third-order valence-corrected chi connectivity index (χ3v) is 4.28. The molecule has 6 nitrogen and oxygen atoms in total. The second-order valence-electron chi connectivity index (χ2n) is 6.53. The number of piperidine rings is 1. The van der Waals surface area contributed by atoms with Crippen molar-refractivity contribution < 1.29 is 14.7 Å². The van der Waals surface area contributed by atoms with Crippen LogP contribution in [0.3, 0.4) is 0 Å². The van der Waals surface area contributed by atoms with Gasteiger partial charge < -0.3 is 20.6 Å². The van der Waals surface area contributed by atoms with Gasteiger partial charge in [0.05, 0.1) is 5.56 Å². The van der Waals surface area contributed by atoms with Crippen LogP contribution in [0.25, 0.3) is 0 Å². The molecule has 24 heavy (non-hydrogen) atoms. The van der Waals surface area contributed by atoms with E-state index in [0.29, 0.717) is 19.0 Å². The maximum Gasteiger partial charge on any atom is 0.335 e. The third kappa shape index (κ3) is 6.20. The zero-order chi connectivity index (χ0) is 17.4. The fourth-order valence-corrected chi connectivity index (χ4v) is 2.92. The minimum absolute atomic E-state index is 0.192. The Hall–Kier alpha value is -2.08. The van der Waals surface area contributed by atoms with Crippen molar-refractivity contribution in [1.29, 1.82) is 0 Å². The normalized spacial score (nSPS) is 16.4. The lowest BCUT2D eigenvalue weighted by Crippen LogP contribution is -2.41. The maximum absolute atomic E-state index is 11.9. The quantitative estimate of drug-likeness (QED) is 0.715. The largest absolute Gasteiger partial charge is 0.478 e. The number of nitrogens with zero attached hydrogens (tertiary/aromatic N) is 1. The molecule has 1 heterocycles. The first kappa shape index (κ1) is 18.3. The minimum atomic E-state index is -0.949. The highest BCUT2D eigenvalue weighted by atomic mass is 16.4. The van der Waals surface area contributed by atoms with E-state index in [9.17, 15) is 9.59 Å². The van der Waals surface area contributed by atoms with E-state index in [2.05, 4.69) is 22.5 Å². The van der Waals surface area contributed by atoms with Crippen LogP contribution >= 0.6 is 0 Å². The molecule has 0 aromatic heterocycles. The number of benzene rings is 1. The van der Waals surface area contributed by atoms with E-state index in [4.69, 9.17) is 5.11 Å². The lowest BCUT2D eigenvalue weighted by molar-refractivity contribution is 0.0697. The Labute approximate surface area is 143 Å². The van der Waals surface area contributed by atoms with E-state index >= 15 is 0 Å². The first-order valence-corrected chi connectivity index (χ1v) is 8.61. The fourth-order valence-electron chi connectivity index (χ4n) is 2.92. The summed E-state index contributed by atoms with van der Waals surface area (Å²) in [4.78, 5) is 25.1. The van der Waals surface area contributed by atoms with Gasteiger partial charge in [-0.2, -0.15) is 0 Å². The molecule has 1 atom stereocenters. The number of hydrogen-bond acceptors (Lipinski definition) is 3. The average molecular weight is 333 g/mol. The number of carboxylic acids is 1. The van der Waals surface area contributed by atoms with E-state index in [-0.39, 0.29) is 11.6 Å². The van der Waals surface area contributed by atoms with Crippen molar-refractivity contribution in [2.75, 3.05) is 26.2 Å². The van der Waals surface area contributed by atoms with Crippen LogP contribution in [0.2, 0.25) is 0 Å². The summed E-state index contributed by atoms with van der Waals surface area (Å²) in [6.45, 7) is 6.55. The van der Waals surface area contributed by atoms with Crippen molar-refractivity contribution in [3.05, 3.63) is 35.4 Å². The Kier molecular flexibility index (Phi) is 7.06. The van der Waals surface area contributed by atoms with Gasteiger partial charge in [-0.1, -0.05) is 25.5 Å². The molecule has 1 aromatic rings. The first-order valence-electron chi connectivity index (χ1n) is 8.61. The predicted molar refractivity (Wildman–Crippen MR) is 93.1 cm³/mol. The number of likely N-dealkylation sites (tertiary alicyclic amines) is 1. The van der Waals surface area contributed by atoms with Crippen LogP contribution in [0.4, 0.5) is 4.79 Å². The number of carbonyl (C=O) groups is 2. The smallest absolute Gasteiger partial charge is 0.335 e. The highest BCUT2D eigenvalue weighted by Crippen LogP contribution is 2.10. The zero-order valence-corrected chi connectivity index (χ0v) is 14.3. The molecule has 0 aliphatic carbocycles. The number of amides is 2. The standard InChI is InChI=1S/C18H27N3O3/c1-14(13-21-9-3-2-4-10-21)11-19-18(24)20-12-15-5-7-16(8-6-15)17(22)23/h5-8,14H,2-4,9-13H2,1H3,(H,22,23)(H2,19,20,24). The molecule has 2 rings (SSSR count). The highest BCUT2D eigenvalue weighted by molar-refractivity contribution is 5.87. The van der Waals surface area contributed by atoms with Gasteiger partial charge in [-0.05, 0) is 49.5 Å². The van der Waals surface area contributed by atoms with Crippen LogP contribution < -0.4 is 10.6 Å². The summed E-state index contributed by atoms with van der Waals surface area (Å²) in [6.07, 6.45) is 3.89. The second kappa shape index (κ2) is 9.27. The lowest BCUT2D eigenvalue weighted by Gasteiger charge is -2.29. The maximum atomic E-state index is 11.9. The van der Waals surface area contributed by atoms with Crippen LogP contribution in [-0.4, -0.2) is 48.2 Å². The van der Waals surface area contributed by atoms with E-state index in [1.165, 1.54) is 44.5 Å². The number of urea groups is 1. The SMILES string of the molecule is CC(CNC(=O)NCc1ccc(C(=O)O)cc1)CN1CCCCC1. The molecule has 1 saturated heterocycles. The fraction of sp³-hybridized carbons (Fsp3) is 0.556. The number of carbonyl (C=O) groups excluding carboxylic acids is 1. The van der Waals surface area contributed by atoms with Crippen molar-refractivity contribution >= 4 is 12.0 Å². The number of aromatic carboxylic acids is 1. The first-order chi connectivity index (χ1) is 11.5. The molecule has 1 aromatic carbocycles. The summed E-state index contributed by atoms with van der Waals surface area (Å²) in [5, 5.41) is 14.5. The Morgan fingerprint density at radius 2 is 1.79 bits per heavy atom. The molecule has 1 aliphatic heterocycles. The minimum Gasteiger partial charge on any atom is -0.478 e. The van der Waals surface area contributed by atoms with Crippen LogP contribution in [0.15, 0.2) is 24.3 Å². The van der Waals surface area contributed by atoms with Crippen LogP contribution in [0.5, 0.6) is 0 Å². The number of carboxylic acid groups (broad SMARTS) is 1. The van der Waals surface area contributed by atoms with E-state index in [0.717, 1.165) is 12.1 Å². The van der Waals surface area contributed by atoms with Crippen molar-refractivity contribution in [3.63, 3.8) is 0 Å². The van der Waals surface area contributed by atoms with E-state index in [1.54, 1.807) is 12.1 Å². The van der Waals surface area contributed by atoms with Gasteiger partial charge in [-0.15, -0.1) is 0 Å². The Morgan fingerprint density at radius 3 is 2.42 bits per heavy atom. The van der Waals surface area contributed by atoms with Crippen molar-refractivity contribution in [3.8, 4) is 0 Å². The van der Waals surface area contributed by atoms with Gasteiger partial charge in [0, 0.05) is 19.6 Å². The summed E-state index contributed by atoms with van der Waals surface area (Å²) in [5.74, 6) is -0.529. The Bertz CT molecular complexity index is 539. The van der Waals surface area contributed by atoms with Crippen molar-refractivity contribution in [2.45, 2.75) is 32.7 Å². The molecule has 2 amide bonds. The predicted octanol–water partition coefficient (Wildman–Crippen LogP) is 2.31. The van der Waals surface area contributed by atoms with E-state index in [1.807, 2.05) is 0 Å². The summed E-state index contributed by atoms with van der Waals surface area (Å²) in [6, 6.07) is 6.31. The third-order valence-electron chi connectivity index (χ3n) is 4.28. The molecule has 6 heteroatoms. The molecule has 0 radical (unpaired) electrons. The van der Waals surface area contributed by atoms with Gasteiger partial charge in [0.2, 0.25) is 0 Å². The number of rotatable bonds is 7. The van der Waals surface area contributed by atoms with Crippen LogP contribution in [0, 0.1) is 5.92 Å². The highest BCUT2D eigenvalue weighted by Gasteiger charge is 2.14. The number of hydrogen-bond donors (Lipinski definition) is 3. The molecular formula is C18H27N3O3. The van der Waals surface area contributed by atoms with Crippen molar-refractivity contribution in [2.24, 2.45) is 5.92 Å². The second-order valence-corrected chi connectivity index (χ2v) is 6.53. The van der Waals surface area contributed by atoms with E-state index < -0.39 is 5.97 Å².